The summed E-state index contributed by atoms with van der Waals surface area (Å²) in [6.07, 6.45) is 6.92. The zero-order chi connectivity index (χ0) is 24.0. The molecular weight excluding hydrogens is 422 g/mol. The van der Waals surface area contributed by atoms with E-state index in [9.17, 15) is 14.4 Å². The van der Waals surface area contributed by atoms with Gasteiger partial charge < -0.3 is 16.6 Å². The normalized spacial score (nSPS) is 23.3. The number of hydrogen-bond acceptors (Lipinski definition) is 6. The van der Waals surface area contributed by atoms with Gasteiger partial charge in [-0.1, -0.05) is 56.4 Å². The number of imide groups is 1. The molecule has 1 saturated heterocycles. The van der Waals surface area contributed by atoms with E-state index in [1.807, 2.05) is 12.1 Å². The van der Waals surface area contributed by atoms with Crippen LogP contribution in [0.1, 0.15) is 56.6 Å². The van der Waals surface area contributed by atoms with Crippen LogP contribution in [0.25, 0.3) is 0 Å². The summed E-state index contributed by atoms with van der Waals surface area (Å²) in [4.78, 5) is 41.7. The Hall–Kier alpha value is -2.78. The summed E-state index contributed by atoms with van der Waals surface area (Å²) in [6.45, 7) is 2.58. The molecule has 6 N–H and O–H groups in total. The Morgan fingerprint density at radius 2 is 1.82 bits per heavy atom. The predicted molar refractivity (Wildman–Crippen MR) is 125 cm³/mol. The highest BCUT2D eigenvalue weighted by molar-refractivity contribution is 6.00. The highest BCUT2D eigenvalue weighted by Crippen LogP contribution is 2.38. The number of nitrogens with zero attached hydrogens (tertiary/aromatic N) is 2. The third kappa shape index (κ3) is 6.85. The average molecular weight is 458 g/mol. The molecule has 0 radical (unpaired) electrons. The fourth-order valence-corrected chi connectivity index (χ4v) is 4.91. The van der Waals surface area contributed by atoms with Gasteiger partial charge in [0.2, 0.25) is 11.8 Å². The smallest absolute Gasteiger partial charge is 0.325 e. The molecule has 3 atom stereocenters. The number of nitrogens with two attached hydrogens (primary N) is 2. The number of rotatable bonds is 8. The van der Waals surface area contributed by atoms with E-state index in [-0.39, 0.29) is 24.3 Å². The number of amidine groups is 1. The average Bonchev–Trinajstić information content (AvgIpc) is 3.22. The summed E-state index contributed by atoms with van der Waals surface area (Å²) in [7, 11) is 0. The number of carboxylic acids is 1. The van der Waals surface area contributed by atoms with Gasteiger partial charge in [0.1, 0.15) is 12.4 Å². The molecule has 9 heteroatoms. The van der Waals surface area contributed by atoms with Gasteiger partial charge in [0.25, 0.3) is 0 Å². The van der Waals surface area contributed by atoms with Crippen molar-refractivity contribution >= 4 is 23.6 Å². The minimum absolute atomic E-state index is 0.175. The molecule has 1 heterocycles. The molecule has 1 aliphatic heterocycles. The van der Waals surface area contributed by atoms with Crippen molar-refractivity contribution in [3.63, 3.8) is 0 Å². The molecule has 0 bridgehead atoms. The molecule has 33 heavy (non-hydrogen) atoms. The van der Waals surface area contributed by atoms with Gasteiger partial charge >= 0.3 is 5.97 Å². The zero-order valence-corrected chi connectivity index (χ0v) is 19.2. The summed E-state index contributed by atoms with van der Waals surface area (Å²) in [5.41, 5.74) is 13.2. The van der Waals surface area contributed by atoms with Crippen LogP contribution in [0.15, 0.2) is 29.3 Å². The second-order valence-corrected chi connectivity index (χ2v) is 9.27. The van der Waals surface area contributed by atoms with Crippen molar-refractivity contribution in [1.29, 1.82) is 0 Å². The number of carboxylic acid groups (broad SMARTS) is 1. The third-order valence-corrected chi connectivity index (χ3v) is 6.73. The van der Waals surface area contributed by atoms with E-state index in [0.29, 0.717) is 23.9 Å². The molecule has 0 aromatic heterocycles. The lowest BCUT2D eigenvalue weighted by Crippen LogP contribution is -2.49. The van der Waals surface area contributed by atoms with Gasteiger partial charge in [0.05, 0.1) is 12.1 Å². The molecule has 1 aliphatic carbocycles. The summed E-state index contributed by atoms with van der Waals surface area (Å²) in [5.74, 6) is -0.545. The first kappa shape index (κ1) is 24.9. The van der Waals surface area contributed by atoms with E-state index < -0.39 is 17.9 Å². The molecule has 1 aromatic carbocycles. The van der Waals surface area contributed by atoms with E-state index >= 15 is 0 Å². The largest absolute Gasteiger partial charge is 0.480 e. The lowest BCUT2D eigenvalue weighted by atomic mass is 9.79. The van der Waals surface area contributed by atoms with E-state index in [1.54, 1.807) is 19.1 Å². The Kier molecular flexibility index (Phi) is 8.57. The number of aliphatic carboxylic acids is 1. The molecule has 2 amide bonds. The Morgan fingerprint density at radius 3 is 2.42 bits per heavy atom. The highest BCUT2D eigenvalue weighted by atomic mass is 16.4. The first-order valence-electron chi connectivity index (χ1n) is 11.7. The van der Waals surface area contributed by atoms with Crippen LogP contribution in [0.3, 0.4) is 0 Å². The second-order valence-electron chi connectivity index (χ2n) is 9.27. The first-order chi connectivity index (χ1) is 15.7. The molecule has 180 valence electrons. The van der Waals surface area contributed by atoms with Gasteiger partial charge in [-0.25, -0.2) is 0 Å². The Bertz CT molecular complexity index is 877. The van der Waals surface area contributed by atoms with Crippen molar-refractivity contribution in [3.05, 3.63) is 35.4 Å². The number of carbonyl (C=O) groups excluding carboxylic acids is 2. The molecule has 3 rings (SSSR count). The zero-order valence-electron chi connectivity index (χ0n) is 19.2. The van der Waals surface area contributed by atoms with Crippen LogP contribution in [0.4, 0.5) is 0 Å². The molecule has 1 unspecified atom stereocenters. The molecule has 2 fully saturated rings. The number of aliphatic imine (C=N–C) groups is 1. The van der Waals surface area contributed by atoms with Crippen molar-refractivity contribution in [2.75, 3.05) is 13.1 Å². The standard InChI is InChI=1S/C24H35N5O4/c1-15(25)23(32)28-24(33)20-11-19(17-5-3-2-4-6-17)14-29(20)13-16-7-9-18(10-8-16)22(26)27-12-21(30)31/h7-10,15,17,19-20H,2-6,11-14,25H2,1H3,(H2,26,27)(H,30,31)(H,28,32,33)/t15-,19?,20-/m0/s1. The van der Waals surface area contributed by atoms with Crippen LogP contribution in [0, 0.1) is 11.8 Å². The quantitative estimate of drug-likeness (QED) is 0.338. The maximum atomic E-state index is 13.0. The van der Waals surface area contributed by atoms with Crippen LogP contribution in [-0.4, -0.2) is 58.8 Å². The van der Waals surface area contributed by atoms with E-state index in [1.165, 1.54) is 32.1 Å². The number of carbonyl (C=O) groups is 3. The Balaban J connectivity index is 1.71. The van der Waals surface area contributed by atoms with E-state index in [2.05, 4.69) is 15.2 Å². The summed E-state index contributed by atoms with van der Waals surface area (Å²) in [6, 6.07) is 6.32. The number of benzene rings is 1. The maximum absolute atomic E-state index is 13.0. The van der Waals surface area contributed by atoms with Crippen LogP contribution in [0.5, 0.6) is 0 Å². The van der Waals surface area contributed by atoms with Crippen molar-refractivity contribution < 1.29 is 19.5 Å². The number of nitrogens with one attached hydrogen (secondary N) is 1. The van der Waals surface area contributed by atoms with Crippen molar-refractivity contribution in [3.8, 4) is 0 Å². The molecule has 0 spiro atoms. The topological polar surface area (TPSA) is 151 Å². The first-order valence-corrected chi connectivity index (χ1v) is 11.7. The lowest BCUT2D eigenvalue weighted by molar-refractivity contribution is -0.135. The van der Waals surface area contributed by atoms with E-state index in [4.69, 9.17) is 16.6 Å². The van der Waals surface area contributed by atoms with Crippen molar-refractivity contribution in [2.45, 2.75) is 64.1 Å². The van der Waals surface area contributed by atoms with Gasteiger partial charge in [-0.3, -0.25) is 29.6 Å². The molecule has 9 nitrogen and oxygen atoms in total. The second kappa shape index (κ2) is 11.4. The van der Waals surface area contributed by atoms with Crippen molar-refractivity contribution in [2.24, 2.45) is 28.3 Å². The monoisotopic (exact) mass is 457 g/mol. The van der Waals surface area contributed by atoms with Gasteiger partial charge in [-0.15, -0.1) is 0 Å². The fraction of sp³-hybridized carbons (Fsp3) is 0.583. The summed E-state index contributed by atoms with van der Waals surface area (Å²) < 4.78 is 0. The van der Waals surface area contributed by atoms with Gasteiger partial charge in [-0.2, -0.15) is 0 Å². The van der Waals surface area contributed by atoms with Crippen LogP contribution < -0.4 is 16.8 Å². The minimum atomic E-state index is -1.04. The molecule has 1 saturated carbocycles. The number of hydrogen-bond donors (Lipinski definition) is 4. The van der Waals surface area contributed by atoms with Gasteiger partial charge in [0, 0.05) is 18.7 Å². The molecular formula is C24H35N5O4. The van der Waals surface area contributed by atoms with Crippen LogP contribution in [-0.2, 0) is 20.9 Å². The number of amides is 2. The third-order valence-electron chi connectivity index (χ3n) is 6.73. The SMILES string of the molecule is C[C@H](N)C(=O)NC(=O)[C@@H]1CC(C2CCCCC2)CN1Cc1ccc(C(N)=NCC(=O)O)cc1. The summed E-state index contributed by atoms with van der Waals surface area (Å²) in [5, 5.41) is 11.2. The Morgan fingerprint density at radius 1 is 1.15 bits per heavy atom. The van der Waals surface area contributed by atoms with Crippen molar-refractivity contribution in [1.82, 2.24) is 10.2 Å². The predicted octanol–water partition coefficient (Wildman–Crippen LogP) is 1.24. The number of likely N-dealkylation sites (tertiary alicyclic amines) is 1. The fourth-order valence-electron chi connectivity index (χ4n) is 4.91. The molecule has 2 aliphatic rings. The highest BCUT2D eigenvalue weighted by Gasteiger charge is 2.40. The Labute approximate surface area is 194 Å². The molecule has 1 aromatic rings. The lowest BCUT2D eigenvalue weighted by Gasteiger charge is -2.27. The van der Waals surface area contributed by atoms with Crippen LogP contribution in [0.2, 0.25) is 0 Å². The maximum Gasteiger partial charge on any atom is 0.325 e. The van der Waals surface area contributed by atoms with E-state index in [0.717, 1.165) is 18.5 Å². The van der Waals surface area contributed by atoms with Gasteiger partial charge in [-0.05, 0) is 30.7 Å². The summed E-state index contributed by atoms with van der Waals surface area (Å²) >= 11 is 0. The van der Waals surface area contributed by atoms with Gasteiger partial charge in [0.15, 0.2) is 0 Å². The van der Waals surface area contributed by atoms with Crippen LogP contribution >= 0.6 is 0 Å². The minimum Gasteiger partial charge on any atom is -0.480 e.